The Labute approximate surface area is 108 Å². The number of nitrogens with two attached hydrogens (primary N) is 1. The van der Waals surface area contributed by atoms with E-state index in [9.17, 15) is 9.90 Å². The van der Waals surface area contributed by atoms with Gasteiger partial charge in [0.15, 0.2) is 0 Å². The first-order valence-electron chi connectivity index (χ1n) is 6.94. The van der Waals surface area contributed by atoms with Crippen molar-refractivity contribution in [2.45, 2.75) is 50.1 Å². The van der Waals surface area contributed by atoms with Gasteiger partial charge in [0.2, 0.25) is 5.91 Å². The molecule has 0 aromatic rings. The molecule has 104 valence electrons. The highest BCUT2D eigenvalue weighted by molar-refractivity contribution is 5.86. The molecule has 1 amide bonds. The van der Waals surface area contributed by atoms with Gasteiger partial charge < -0.3 is 20.9 Å². The highest BCUT2D eigenvalue weighted by Crippen LogP contribution is 2.25. The van der Waals surface area contributed by atoms with Crippen LogP contribution in [0.15, 0.2) is 0 Å². The third-order valence-corrected chi connectivity index (χ3v) is 4.30. The lowest BCUT2D eigenvalue weighted by Crippen LogP contribution is -2.60. The normalized spacial score (nSPS) is 31.9. The number of nitrogens with one attached hydrogen (secondary N) is 1. The third kappa shape index (κ3) is 3.02. The van der Waals surface area contributed by atoms with E-state index in [0.717, 1.165) is 25.7 Å². The number of amides is 1. The minimum Gasteiger partial charge on any atom is -0.396 e. The first kappa shape index (κ1) is 13.8. The van der Waals surface area contributed by atoms with Crippen molar-refractivity contribution in [1.82, 2.24) is 5.32 Å². The molecule has 2 aliphatic rings. The van der Waals surface area contributed by atoms with Gasteiger partial charge in [0.25, 0.3) is 0 Å². The number of aliphatic hydroxyl groups is 1. The van der Waals surface area contributed by atoms with E-state index in [-0.39, 0.29) is 24.5 Å². The van der Waals surface area contributed by atoms with Crippen LogP contribution in [0.2, 0.25) is 0 Å². The van der Waals surface area contributed by atoms with Crippen LogP contribution < -0.4 is 11.1 Å². The van der Waals surface area contributed by atoms with Crippen molar-refractivity contribution < 1.29 is 14.6 Å². The number of aliphatic hydroxyl groups excluding tert-OH is 1. The van der Waals surface area contributed by atoms with Gasteiger partial charge in [-0.2, -0.15) is 0 Å². The molecular weight excluding hydrogens is 232 g/mol. The Morgan fingerprint density at radius 3 is 2.67 bits per heavy atom. The Hall–Kier alpha value is -0.650. The Balaban J connectivity index is 1.92. The Bertz CT molecular complexity index is 290. The summed E-state index contributed by atoms with van der Waals surface area (Å²) < 4.78 is 5.25. The second-order valence-electron chi connectivity index (χ2n) is 5.58. The zero-order valence-electron chi connectivity index (χ0n) is 10.9. The molecule has 1 heterocycles. The lowest BCUT2D eigenvalue weighted by atomic mass is 9.83. The second-order valence-corrected chi connectivity index (χ2v) is 5.58. The highest BCUT2D eigenvalue weighted by Gasteiger charge is 2.38. The number of hydrogen-bond acceptors (Lipinski definition) is 4. The average molecular weight is 256 g/mol. The molecule has 1 saturated carbocycles. The maximum Gasteiger partial charge on any atom is 0.240 e. The molecule has 1 aliphatic heterocycles. The van der Waals surface area contributed by atoms with Crippen LogP contribution in [-0.2, 0) is 9.53 Å². The predicted octanol–water partition coefficient (Wildman–Crippen LogP) is 0.162. The maximum atomic E-state index is 12.3. The smallest absolute Gasteiger partial charge is 0.240 e. The van der Waals surface area contributed by atoms with E-state index in [0.29, 0.717) is 26.1 Å². The van der Waals surface area contributed by atoms with Crippen LogP contribution in [0.3, 0.4) is 0 Å². The van der Waals surface area contributed by atoms with Gasteiger partial charge in [-0.05, 0) is 25.7 Å². The largest absolute Gasteiger partial charge is 0.396 e. The van der Waals surface area contributed by atoms with Gasteiger partial charge >= 0.3 is 0 Å². The summed E-state index contributed by atoms with van der Waals surface area (Å²) in [5, 5.41) is 12.4. The molecule has 0 aromatic carbocycles. The number of rotatable bonds is 3. The fourth-order valence-electron chi connectivity index (χ4n) is 2.89. The molecule has 2 fully saturated rings. The summed E-state index contributed by atoms with van der Waals surface area (Å²) in [4.78, 5) is 12.3. The first-order valence-corrected chi connectivity index (χ1v) is 6.94. The van der Waals surface area contributed by atoms with Crippen LogP contribution in [0.1, 0.15) is 38.5 Å². The van der Waals surface area contributed by atoms with Crippen LogP contribution in [0, 0.1) is 5.92 Å². The van der Waals surface area contributed by atoms with Crippen molar-refractivity contribution in [3.05, 3.63) is 0 Å². The molecule has 18 heavy (non-hydrogen) atoms. The SMILES string of the molecule is NC1(C(=O)NC2CCCCC2CO)CCOCC1. The summed E-state index contributed by atoms with van der Waals surface area (Å²) in [6.45, 7) is 1.25. The van der Waals surface area contributed by atoms with E-state index >= 15 is 0 Å². The highest BCUT2D eigenvalue weighted by atomic mass is 16.5. The van der Waals surface area contributed by atoms with E-state index in [4.69, 9.17) is 10.5 Å². The van der Waals surface area contributed by atoms with E-state index in [1.807, 2.05) is 0 Å². The molecule has 1 aliphatic carbocycles. The van der Waals surface area contributed by atoms with Crippen molar-refractivity contribution >= 4 is 5.91 Å². The quantitative estimate of drug-likeness (QED) is 0.671. The molecule has 2 atom stereocenters. The van der Waals surface area contributed by atoms with Crippen molar-refractivity contribution in [3.8, 4) is 0 Å². The Morgan fingerprint density at radius 1 is 1.33 bits per heavy atom. The van der Waals surface area contributed by atoms with Crippen molar-refractivity contribution in [2.24, 2.45) is 11.7 Å². The van der Waals surface area contributed by atoms with Crippen molar-refractivity contribution in [2.75, 3.05) is 19.8 Å². The standard InChI is InChI=1S/C13H24N2O3/c14-13(5-7-18-8-6-13)12(17)15-11-4-2-1-3-10(11)9-16/h10-11,16H,1-9,14H2,(H,15,17). The molecule has 0 radical (unpaired) electrons. The fraction of sp³-hybridized carbons (Fsp3) is 0.923. The van der Waals surface area contributed by atoms with Gasteiger partial charge in [-0.25, -0.2) is 0 Å². The van der Waals surface area contributed by atoms with E-state index in [1.165, 1.54) is 0 Å². The van der Waals surface area contributed by atoms with E-state index in [2.05, 4.69) is 5.32 Å². The molecule has 2 unspecified atom stereocenters. The Morgan fingerprint density at radius 2 is 2.00 bits per heavy atom. The summed E-state index contributed by atoms with van der Waals surface area (Å²) >= 11 is 0. The monoisotopic (exact) mass is 256 g/mol. The van der Waals surface area contributed by atoms with Crippen molar-refractivity contribution in [3.63, 3.8) is 0 Å². The lowest BCUT2D eigenvalue weighted by Gasteiger charge is -2.36. The third-order valence-electron chi connectivity index (χ3n) is 4.30. The zero-order chi connectivity index (χ0) is 13.0. The van der Waals surface area contributed by atoms with Crippen LogP contribution in [-0.4, -0.2) is 42.4 Å². The van der Waals surface area contributed by atoms with Gasteiger partial charge in [0.1, 0.15) is 0 Å². The fourth-order valence-corrected chi connectivity index (χ4v) is 2.89. The summed E-state index contributed by atoms with van der Waals surface area (Å²) in [7, 11) is 0. The molecule has 0 aromatic heterocycles. The molecule has 4 N–H and O–H groups in total. The second kappa shape index (κ2) is 5.99. The van der Waals surface area contributed by atoms with E-state index < -0.39 is 5.54 Å². The number of hydrogen-bond donors (Lipinski definition) is 3. The van der Waals surface area contributed by atoms with Gasteiger partial charge in [0.05, 0.1) is 5.54 Å². The minimum atomic E-state index is -0.782. The maximum absolute atomic E-state index is 12.3. The van der Waals surface area contributed by atoms with Crippen LogP contribution >= 0.6 is 0 Å². The summed E-state index contributed by atoms with van der Waals surface area (Å²) in [6, 6.07) is 0.0829. The summed E-state index contributed by atoms with van der Waals surface area (Å²) in [5.41, 5.74) is 5.37. The number of ether oxygens (including phenoxy) is 1. The Kier molecular flexibility index (Phi) is 4.59. The summed E-state index contributed by atoms with van der Waals surface area (Å²) in [5.74, 6) is 0.113. The van der Waals surface area contributed by atoms with Crippen LogP contribution in [0.25, 0.3) is 0 Å². The van der Waals surface area contributed by atoms with Gasteiger partial charge in [-0.15, -0.1) is 0 Å². The molecule has 0 spiro atoms. The molecule has 2 rings (SSSR count). The minimum absolute atomic E-state index is 0.0730. The average Bonchev–Trinajstić information content (AvgIpc) is 2.40. The van der Waals surface area contributed by atoms with Crippen LogP contribution in [0.5, 0.6) is 0 Å². The van der Waals surface area contributed by atoms with Gasteiger partial charge in [-0.3, -0.25) is 4.79 Å². The molecule has 1 saturated heterocycles. The van der Waals surface area contributed by atoms with E-state index in [1.54, 1.807) is 0 Å². The predicted molar refractivity (Wildman–Crippen MR) is 67.9 cm³/mol. The molecule has 5 heteroatoms. The first-order chi connectivity index (χ1) is 8.65. The lowest BCUT2D eigenvalue weighted by molar-refractivity contribution is -0.131. The number of carbonyl (C=O) groups excluding carboxylic acids is 1. The molecule has 5 nitrogen and oxygen atoms in total. The molecule has 0 bridgehead atoms. The molecular formula is C13H24N2O3. The van der Waals surface area contributed by atoms with Crippen LogP contribution in [0.4, 0.5) is 0 Å². The topological polar surface area (TPSA) is 84.6 Å². The van der Waals surface area contributed by atoms with Gasteiger partial charge in [-0.1, -0.05) is 12.8 Å². The van der Waals surface area contributed by atoms with Gasteiger partial charge in [0, 0.05) is 31.8 Å². The summed E-state index contributed by atoms with van der Waals surface area (Å²) in [6.07, 6.45) is 5.34. The zero-order valence-corrected chi connectivity index (χ0v) is 10.9. The van der Waals surface area contributed by atoms with Crippen molar-refractivity contribution in [1.29, 1.82) is 0 Å². The number of carbonyl (C=O) groups is 1.